The molecule has 0 amide bonds. The number of benzene rings is 1. The zero-order chi connectivity index (χ0) is 20.0. The Morgan fingerprint density at radius 2 is 1.67 bits per heavy atom. The van der Waals surface area contributed by atoms with Crippen LogP contribution in [0.25, 0.3) is 11.3 Å². The Kier molecular flexibility index (Phi) is 7.01. The zero-order valence-electron chi connectivity index (χ0n) is 15.6. The predicted octanol–water partition coefficient (Wildman–Crippen LogP) is 3.04. The van der Waals surface area contributed by atoms with Crippen LogP contribution in [0, 0.1) is 5.92 Å². The number of aliphatic carboxylic acids is 2. The van der Waals surface area contributed by atoms with Gasteiger partial charge in [0.2, 0.25) is 0 Å². The first kappa shape index (κ1) is 20.5. The van der Waals surface area contributed by atoms with Gasteiger partial charge in [-0.1, -0.05) is 13.8 Å². The standard InChI is InChI=1S/C20H25NO6/c1-12(2)10-16(19(22)23)21-17(20(24)25)11-15-8-9-18(27-15)13-4-6-14(26-3)7-5-13/h4-9,12,16-17,21H,10-11H2,1-3H3,(H,22,23)(H,24,25). The van der Waals surface area contributed by atoms with Gasteiger partial charge in [-0.3, -0.25) is 14.9 Å². The molecule has 0 bridgehead atoms. The highest BCUT2D eigenvalue weighted by molar-refractivity contribution is 5.77. The molecule has 2 unspecified atom stereocenters. The summed E-state index contributed by atoms with van der Waals surface area (Å²) in [6, 6.07) is 8.79. The van der Waals surface area contributed by atoms with Crippen molar-refractivity contribution < 1.29 is 29.0 Å². The average Bonchev–Trinajstić information content (AvgIpc) is 3.08. The molecule has 0 fully saturated rings. The number of hydrogen-bond acceptors (Lipinski definition) is 5. The van der Waals surface area contributed by atoms with E-state index in [9.17, 15) is 19.8 Å². The Labute approximate surface area is 158 Å². The lowest BCUT2D eigenvalue weighted by atomic mass is 10.0. The highest BCUT2D eigenvalue weighted by Crippen LogP contribution is 2.25. The Morgan fingerprint density at radius 3 is 2.19 bits per heavy atom. The van der Waals surface area contributed by atoms with E-state index in [1.54, 1.807) is 19.2 Å². The molecule has 0 aliphatic carbocycles. The maximum Gasteiger partial charge on any atom is 0.321 e. The second-order valence-electron chi connectivity index (χ2n) is 6.78. The minimum Gasteiger partial charge on any atom is -0.497 e. The fourth-order valence-electron chi connectivity index (χ4n) is 2.77. The van der Waals surface area contributed by atoms with Crippen molar-refractivity contribution in [2.75, 3.05) is 7.11 Å². The van der Waals surface area contributed by atoms with E-state index in [1.165, 1.54) is 0 Å². The van der Waals surface area contributed by atoms with Gasteiger partial charge >= 0.3 is 11.9 Å². The van der Waals surface area contributed by atoms with Crippen molar-refractivity contribution in [3.05, 3.63) is 42.2 Å². The first-order valence-corrected chi connectivity index (χ1v) is 8.75. The van der Waals surface area contributed by atoms with E-state index < -0.39 is 24.0 Å². The Hall–Kier alpha value is -2.80. The molecule has 7 nitrogen and oxygen atoms in total. The largest absolute Gasteiger partial charge is 0.497 e. The monoisotopic (exact) mass is 375 g/mol. The van der Waals surface area contributed by atoms with Gasteiger partial charge < -0.3 is 19.4 Å². The first-order chi connectivity index (χ1) is 12.8. The van der Waals surface area contributed by atoms with Crippen LogP contribution in [-0.2, 0) is 16.0 Å². The predicted molar refractivity (Wildman–Crippen MR) is 99.8 cm³/mol. The molecule has 2 atom stereocenters. The quantitative estimate of drug-likeness (QED) is 0.585. The third kappa shape index (κ3) is 5.86. The van der Waals surface area contributed by atoms with Gasteiger partial charge in [0, 0.05) is 12.0 Å². The molecule has 1 heterocycles. The van der Waals surface area contributed by atoms with E-state index in [0.29, 0.717) is 17.9 Å². The van der Waals surface area contributed by atoms with Gasteiger partial charge in [-0.05, 0) is 48.7 Å². The van der Waals surface area contributed by atoms with Gasteiger partial charge in [0.1, 0.15) is 29.4 Å². The van der Waals surface area contributed by atoms with Crippen LogP contribution in [0.4, 0.5) is 0 Å². The van der Waals surface area contributed by atoms with Gasteiger partial charge in [0.15, 0.2) is 0 Å². The van der Waals surface area contributed by atoms with E-state index in [1.807, 2.05) is 38.1 Å². The van der Waals surface area contributed by atoms with E-state index in [-0.39, 0.29) is 12.3 Å². The van der Waals surface area contributed by atoms with Crippen LogP contribution in [0.15, 0.2) is 40.8 Å². The summed E-state index contributed by atoms with van der Waals surface area (Å²) in [7, 11) is 1.59. The van der Waals surface area contributed by atoms with Gasteiger partial charge in [0.05, 0.1) is 7.11 Å². The molecule has 0 aliphatic rings. The van der Waals surface area contributed by atoms with Crippen LogP contribution in [-0.4, -0.2) is 41.3 Å². The summed E-state index contributed by atoms with van der Waals surface area (Å²) in [5.74, 6) is -0.257. The third-order valence-electron chi connectivity index (χ3n) is 4.15. The van der Waals surface area contributed by atoms with Crippen molar-refractivity contribution in [3.8, 4) is 17.1 Å². The maximum atomic E-state index is 11.6. The van der Waals surface area contributed by atoms with Crippen molar-refractivity contribution >= 4 is 11.9 Å². The van der Waals surface area contributed by atoms with Crippen molar-refractivity contribution in [2.45, 2.75) is 38.8 Å². The number of furan rings is 1. The SMILES string of the molecule is COc1ccc(-c2ccc(CC(NC(CC(C)C)C(=O)O)C(=O)O)o2)cc1. The average molecular weight is 375 g/mol. The topological polar surface area (TPSA) is 109 Å². The van der Waals surface area contributed by atoms with E-state index >= 15 is 0 Å². The molecule has 2 rings (SSSR count). The van der Waals surface area contributed by atoms with Crippen molar-refractivity contribution in [2.24, 2.45) is 5.92 Å². The molecule has 2 aromatic rings. The van der Waals surface area contributed by atoms with Gasteiger partial charge in [0.25, 0.3) is 0 Å². The van der Waals surface area contributed by atoms with E-state index in [0.717, 1.165) is 11.3 Å². The van der Waals surface area contributed by atoms with Crippen molar-refractivity contribution in [3.63, 3.8) is 0 Å². The zero-order valence-corrected chi connectivity index (χ0v) is 15.6. The minimum atomic E-state index is -1.12. The number of rotatable bonds is 10. The Balaban J connectivity index is 2.11. The number of ether oxygens (including phenoxy) is 1. The molecular formula is C20H25NO6. The van der Waals surface area contributed by atoms with Gasteiger partial charge in [-0.2, -0.15) is 0 Å². The molecule has 1 aromatic carbocycles. The van der Waals surface area contributed by atoms with Crippen LogP contribution >= 0.6 is 0 Å². The van der Waals surface area contributed by atoms with E-state index in [4.69, 9.17) is 9.15 Å². The van der Waals surface area contributed by atoms with Crippen molar-refractivity contribution in [1.82, 2.24) is 5.32 Å². The normalized spacial score (nSPS) is 13.3. The lowest BCUT2D eigenvalue weighted by Gasteiger charge is -2.21. The Morgan fingerprint density at radius 1 is 1.04 bits per heavy atom. The molecule has 0 radical (unpaired) electrons. The van der Waals surface area contributed by atoms with E-state index in [2.05, 4.69) is 5.32 Å². The summed E-state index contributed by atoms with van der Waals surface area (Å²) in [5, 5.41) is 21.5. The lowest BCUT2D eigenvalue weighted by molar-refractivity contribution is -0.143. The highest BCUT2D eigenvalue weighted by Gasteiger charge is 2.27. The second-order valence-corrected chi connectivity index (χ2v) is 6.78. The molecule has 0 aliphatic heterocycles. The minimum absolute atomic E-state index is 0.0490. The molecule has 0 spiro atoms. The molecule has 1 aromatic heterocycles. The van der Waals surface area contributed by atoms with Gasteiger partial charge in [-0.15, -0.1) is 0 Å². The summed E-state index contributed by atoms with van der Waals surface area (Å²) >= 11 is 0. The molecule has 7 heteroatoms. The summed E-state index contributed by atoms with van der Waals surface area (Å²) in [4.78, 5) is 23.0. The molecule has 0 saturated carbocycles. The molecule has 0 saturated heterocycles. The third-order valence-corrected chi connectivity index (χ3v) is 4.15. The lowest BCUT2D eigenvalue weighted by Crippen LogP contribution is -2.48. The van der Waals surface area contributed by atoms with Crippen LogP contribution in [0.3, 0.4) is 0 Å². The number of carboxylic acids is 2. The number of carboxylic acid groups (broad SMARTS) is 2. The summed E-state index contributed by atoms with van der Waals surface area (Å²) in [5.41, 5.74) is 0.838. The summed E-state index contributed by atoms with van der Waals surface area (Å²) < 4.78 is 10.9. The van der Waals surface area contributed by atoms with Crippen LogP contribution in [0.5, 0.6) is 5.75 Å². The highest BCUT2D eigenvalue weighted by atomic mass is 16.5. The Bertz CT molecular complexity index is 765. The molecular weight excluding hydrogens is 350 g/mol. The summed E-state index contributed by atoms with van der Waals surface area (Å²) in [6.45, 7) is 3.78. The molecule has 146 valence electrons. The maximum absolute atomic E-state index is 11.6. The van der Waals surface area contributed by atoms with Gasteiger partial charge in [-0.25, -0.2) is 0 Å². The fraction of sp³-hybridized carbons (Fsp3) is 0.400. The first-order valence-electron chi connectivity index (χ1n) is 8.75. The second kappa shape index (κ2) is 9.23. The van der Waals surface area contributed by atoms with Crippen LogP contribution < -0.4 is 10.1 Å². The number of carbonyl (C=O) groups is 2. The number of methoxy groups -OCH3 is 1. The smallest absolute Gasteiger partial charge is 0.321 e. The number of nitrogens with one attached hydrogen (secondary N) is 1. The number of hydrogen-bond donors (Lipinski definition) is 3. The van der Waals surface area contributed by atoms with Crippen LogP contribution in [0.1, 0.15) is 26.0 Å². The molecule has 3 N–H and O–H groups in total. The van der Waals surface area contributed by atoms with Crippen molar-refractivity contribution in [1.29, 1.82) is 0 Å². The fourth-order valence-corrected chi connectivity index (χ4v) is 2.77. The van der Waals surface area contributed by atoms with Crippen LogP contribution in [0.2, 0.25) is 0 Å². The molecule has 27 heavy (non-hydrogen) atoms. The summed E-state index contributed by atoms with van der Waals surface area (Å²) in [6.07, 6.45) is 0.391.